The summed E-state index contributed by atoms with van der Waals surface area (Å²) in [5.74, 6) is 1.52. The average Bonchev–Trinajstić information content (AvgIpc) is 3.25. The Morgan fingerprint density at radius 1 is 1.33 bits per heavy atom. The monoisotopic (exact) mass is 287 g/mol. The number of nitrogens with zero attached hydrogens (tertiary/aromatic N) is 2. The topological polar surface area (TPSA) is 48.3 Å². The number of methoxy groups -OCH3 is 1. The normalized spacial score (nSPS) is 14.0. The number of anilines is 1. The quantitative estimate of drug-likeness (QED) is 0.849. The highest BCUT2D eigenvalue weighted by Crippen LogP contribution is 2.36. The number of aromatic nitrogens is 2. The van der Waals surface area contributed by atoms with Crippen molar-refractivity contribution in [3.8, 4) is 11.5 Å². The smallest absolute Gasteiger partial charge is 0.162 e. The van der Waals surface area contributed by atoms with Crippen LogP contribution >= 0.6 is 0 Å². The fraction of sp³-hybridized carbons (Fsp3) is 0.438. The molecule has 112 valence electrons. The molecule has 2 aromatic rings. The van der Waals surface area contributed by atoms with E-state index in [4.69, 9.17) is 9.47 Å². The Morgan fingerprint density at radius 3 is 2.90 bits per heavy atom. The highest BCUT2D eigenvalue weighted by molar-refractivity contribution is 5.54. The Kier molecular flexibility index (Phi) is 3.99. The minimum atomic E-state index is 0.629. The molecule has 1 heterocycles. The molecular weight excluding hydrogens is 266 g/mol. The molecule has 0 radical (unpaired) electrons. The van der Waals surface area contributed by atoms with Crippen LogP contribution in [0.3, 0.4) is 0 Å². The zero-order valence-corrected chi connectivity index (χ0v) is 12.5. The van der Waals surface area contributed by atoms with E-state index in [1.807, 2.05) is 37.6 Å². The second kappa shape index (κ2) is 6.08. The van der Waals surface area contributed by atoms with Crippen molar-refractivity contribution in [2.75, 3.05) is 19.0 Å². The van der Waals surface area contributed by atoms with Gasteiger partial charge in [-0.25, -0.2) is 4.98 Å². The van der Waals surface area contributed by atoms with Gasteiger partial charge in [0.2, 0.25) is 0 Å². The van der Waals surface area contributed by atoms with E-state index in [0.717, 1.165) is 23.7 Å². The Bertz CT molecular complexity index is 605. The summed E-state index contributed by atoms with van der Waals surface area (Å²) >= 11 is 0. The summed E-state index contributed by atoms with van der Waals surface area (Å²) in [5, 5.41) is 3.42. The maximum absolute atomic E-state index is 5.53. The maximum Gasteiger partial charge on any atom is 0.162 e. The molecule has 0 aliphatic heterocycles. The molecule has 5 heteroatoms. The molecule has 5 nitrogen and oxygen atoms in total. The van der Waals surface area contributed by atoms with Gasteiger partial charge in [0.1, 0.15) is 0 Å². The lowest BCUT2D eigenvalue weighted by molar-refractivity contribution is 0.311. The summed E-state index contributed by atoms with van der Waals surface area (Å²) in [5.41, 5.74) is 2.23. The lowest BCUT2D eigenvalue weighted by Crippen LogP contribution is -2.06. The van der Waals surface area contributed by atoms with Gasteiger partial charge in [-0.15, -0.1) is 0 Å². The third kappa shape index (κ3) is 3.12. The highest BCUT2D eigenvalue weighted by Gasteiger charge is 2.24. The largest absolute Gasteiger partial charge is 0.493 e. The summed E-state index contributed by atoms with van der Waals surface area (Å²) in [7, 11) is 1.66. The van der Waals surface area contributed by atoms with Gasteiger partial charge in [0.05, 0.1) is 32.3 Å². The van der Waals surface area contributed by atoms with Gasteiger partial charge in [0.25, 0.3) is 0 Å². The van der Waals surface area contributed by atoms with Crippen LogP contribution in [-0.4, -0.2) is 23.3 Å². The minimum Gasteiger partial charge on any atom is -0.493 e. The zero-order valence-electron chi connectivity index (χ0n) is 12.5. The van der Waals surface area contributed by atoms with Crippen LogP contribution in [0.5, 0.6) is 11.5 Å². The van der Waals surface area contributed by atoms with Crippen molar-refractivity contribution in [1.82, 2.24) is 9.55 Å². The van der Waals surface area contributed by atoms with Crippen molar-refractivity contribution in [2.45, 2.75) is 32.4 Å². The molecule has 1 aromatic heterocycles. The summed E-state index contributed by atoms with van der Waals surface area (Å²) in [6.45, 7) is 3.35. The zero-order chi connectivity index (χ0) is 14.7. The highest BCUT2D eigenvalue weighted by atomic mass is 16.5. The Labute approximate surface area is 124 Å². The van der Waals surface area contributed by atoms with Gasteiger partial charge in [-0.05, 0) is 31.9 Å². The number of nitrogens with one attached hydrogen (secondary N) is 1. The number of rotatable bonds is 7. The van der Waals surface area contributed by atoms with E-state index in [-0.39, 0.29) is 0 Å². The van der Waals surface area contributed by atoms with E-state index >= 15 is 0 Å². The van der Waals surface area contributed by atoms with Gasteiger partial charge in [0.15, 0.2) is 11.5 Å². The Morgan fingerprint density at radius 2 is 2.19 bits per heavy atom. The molecule has 1 aliphatic rings. The van der Waals surface area contributed by atoms with Crippen molar-refractivity contribution in [1.29, 1.82) is 0 Å². The van der Waals surface area contributed by atoms with Crippen molar-refractivity contribution in [3.05, 3.63) is 36.4 Å². The van der Waals surface area contributed by atoms with Crippen LogP contribution in [0.1, 0.15) is 31.5 Å². The van der Waals surface area contributed by atoms with Gasteiger partial charge >= 0.3 is 0 Å². The molecule has 1 aliphatic carbocycles. The SMILES string of the molecule is CCOc1ccc(NCc2cncn2C2CC2)cc1OC. The van der Waals surface area contributed by atoms with Crippen LogP contribution in [0.25, 0.3) is 0 Å². The Balaban J connectivity index is 1.68. The van der Waals surface area contributed by atoms with Gasteiger partial charge in [0, 0.05) is 24.0 Å². The first-order valence-electron chi connectivity index (χ1n) is 7.37. The van der Waals surface area contributed by atoms with Crippen LogP contribution in [0.4, 0.5) is 5.69 Å². The molecule has 1 aromatic carbocycles. The lowest BCUT2D eigenvalue weighted by Gasteiger charge is -2.13. The number of imidazole rings is 1. The van der Waals surface area contributed by atoms with Gasteiger partial charge in [-0.1, -0.05) is 0 Å². The van der Waals surface area contributed by atoms with E-state index in [9.17, 15) is 0 Å². The molecule has 0 amide bonds. The standard InChI is InChI=1S/C16H21N3O2/c1-3-21-15-7-4-12(8-16(15)20-2)18-10-14-9-17-11-19(14)13-5-6-13/h4,7-9,11,13,18H,3,5-6,10H2,1-2H3. The summed E-state index contributed by atoms with van der Waals surface area (Å²) in [6.07, 6.45) is 6.38. The predicted molar refractivity (Wildman–Crippen MR) is 82.0 cm³/mol. The molecule has 21 heavy (non-hydrogen) atoms. The van der Waals surface area contributed by atoms with Crippen molar-refractivity contribution < 1.29 is 9.47 Å². The second-order valence-electron chi connectivity index (χ2n) is 5.18. The molecule has 0 bridgehead atoms. The van der Waals surface area contributed by atoms with Crippen molar-refractivity contribution in [3.63, 3.8) is 0 Å². The van der Waals surface area contributed by atoms with Gasteiger partial charge in [-0.2, -0.15) is 0 Å². The van der Waals surface area contributed by atoms with Crippen molar-refractivity contribution >= 4 is 5.69 Å². The molecular formula is C16H21N3O2. The average molecular weight is 287 g/mol. The minimum absolute atomic E-state index is 0.629. The van der Waals surface area contributed by atoms with Crippen LogP contribution in [0.15, 0.2) is 30.7 Å². The first-order valence-corrected chi connectivity index (χ1v) is 7.37. The molecule has 1 saturated carbocycles. The molecule has 0 spiro atoms. The van der Waals surface area contributed by atoms with E-state index in [1.165, 1.54) is 18.5 Å². The van der Waals surface area contributed by atoms with Crippen molar-refractivity contribution in [2.24, 2.45) is 0 Å². The summed E-state index contributed by atoms with van der Waals surface area (Å²) < 4.78 is 13.2. The molecule has 3 rings (SSSR count). The number of benzene rings is 1. The van der Waals surface area contributed by atoms with E-state index in [1.54, 1.807) is 7.11 Å². The third-order valence-electron chi connectivity index (χ3n) is 3.62. The first-order chi connectivity index (χ1) is 10.3. The second-order valence-corrected chi connectivity index (χ2v) is 5.18. The van der Waals surface area contributed by atoms with E-state index in [2.05, 4.69) is 14.9 Å². The third-order valence-corrected chi connectivity index (χ3v) is 3.62. The lowest BCUT2D eigenvalue weighted by atomic mass is 10.2. The van der Waals surface area contributed by atoms with Crippen LogP contribution in [-0.2, 0) is 6.54 Å². The van der Waals surface area contributed by atoms with Crippen LogP contribution in [0, 0.1) is 0 Å². The van der Waals surface area contributed by atoms with Crippen LogP contribution in [0.2, 0.25) is 0 Å². The van der Waals surface area contributed by atoms with E-state index < -0.39 is 0 Å². The molecule has 0 saturated heterocycles. The molecule has 1 N–H and O–H groups in total. The summed E-state index contributed by atoms with van der Waals surface area (Å²) in [6, 6.07) is 6.55. The van der Waals surface area contributed by atoms with Crippen LogP contribution < -0.4 is 14.8 Å². The van der Waals surface area contributed by atoms with Gasteiger partial charge < -0.3 is 19.4 Å². The molecule has 1 fully saturated rings. The molecule has 0 atom stereocenters. The Hall–Kier alpha value is -2.17. The number of hydrogen-bond donors (Lipinski definition) is 1. The molecule has 0 unspecified atom stereocenters. The number of hydrogen-bond acceptors (Lipinski definition) is 4. The van der Waals surface area contributed by atoms with Gasteiger partial charge in [-0.3, -0.25) is 0 Å². The van der Waals surface area contributed by atoms with E-state index in [0.29, 0.717) is 12.6 Å². The summed E-state index contributed by atoms with van der Waals surface area (Å²) in [4.78, 5) is 4.25. The first kappa shape index (κ1) is 13.8. The number of ether oxygens (including phenoxy) is 2. The predicted octanol–water partition coefficient (Wildman–Crippen LogP) is 3.24. The maximum atomic E-state index is 5.53. The fourth-order valence-corrected chi connectivity index (χ4v) is 2.40. The fourth-order valence-electron chi connectivity index (χ4n) is 2.40.